The Morgan fingerprint density at radius 2 is 0.935 bits per heavy atom. The van der Waals surface area contributed by atoms with Crippen molar-refractivity contribution in [1.82, 2.24) is 0 Å². The lowest BCUT2D eigenvalue weighted by Crippen LogP contribution is -2.65. The molecule has 4 rings (SSSR count). The molecular formula is C25H44O20S. The standard InChI is InChI=1S/C25H44O20S/c1-39-22-16(36)13(33)19(8(4-28)41-22)44-24-17(37)14(34)21(9(5-29)42-24)46-25-18(38)20(11(31)7(3-27)43-25)45-23-15(35)12(32)10(30)6(2-26)40-23/h6-38H,2-5H2,1H3. The second-order valence-corrected chi connectivity index (χ2v) is 12.6. The summed E-state index contributed by atoms with van der Waals surface area (Å²) in [5.74, 6) is 0. The maximum absolute atomic E-state index is 11.2. The third-order valence-electron chi connectivity index (χ3n) is 8.42. The molecule has 0 radical (unpaired) electrons. The molecule has 0 amide bonds. The SMILES string of the molecule is COC1OC(CO)C(OC2OC(CO)C(SC3OC(CO)C(O)C(OC4OC(CO)C(O)C(O)C4O)C3O)C(O)C2O)C(O)C1O. The predicted molar refractivity (Wildman–Crippen MR) is 145 cm³/mol. The van der Waals surface area contributed by atoms with E-state index in [1.165, 1.54) is 7.11 Å². The number of rotatable bonds is 11. The fourth-order valence-corrected chi connectivity index (χ4v) is 7.20. The van der Waals surface area contributed by atoms with Crippen LogP contribution in [0.3, 0.4) is 0 Å². The van der Waals surface area contributed by atoms with E-state index in [0.29, 0.717) is 11.8 Å². The molecule has 0 aliphatic carbocycles. The van der Waals surface area contributed by atoms with Gasteiger partial charge in [-0.05, 0) is 0 Å². The Morgan fingerprint density at radius 1 is 0.457 bits per heavy atom. The highest BCUT2D eigenvalue weighted by Gasteiger charge is 2.55. The van der Waals surface area contributed by atoms with Gasteiger partial charge in [-0.3, -0.25) is 0 Å². The van der Waals surface area contributed by atoms with E-state index in [4.69, 9.17) is 33.2 Å². The van der Waals surface area contributed by atoms with Crippen molar-refractivity contribution in [1.29, 1.82) is 0 Å². The Kier molecular flexibility index (Phi) is 13.8. The zero-order valence-electron chi connectivity index (χ0n) is 24.5. The van der Waals surface area contributed by atoms with Gasteiger partial charge in [0.1, 0.15) is 84.8 Å². The first-order valence-electron chi connectivity index (χ1n) is 14.5. The van der Waals surface area contributed by atoms with Crippen molar-refractivity contribution in [2.75, 3.05) is 33.5 Å². The van der Waals surface area contributed by atoms with Gasteiger partial charge in [0.25, 0.3) is 0 Å². The van der Waals surface area contributed by atoms with E-state index in [1.54, 1.807) is 0 Å². The van der Waals surface area contributed by atoms with Gasteiger partial charge in [0.15, 0.2) is 18.9 Å². The Morgan fingerprint density at radius 3 is 1.50 bits per heavy atom. The van der Waals surface area contributed by atoms with Gasteiger partial charge in [-0.15, -0.1) is 11.8 Å². The average molecular weight is 697 g/mol. The molecule has 0 aromatic carbocycles. The Balaban J connectivity index is 1.48. The fraction of sp³-hybridized carbons (Fsp3) is 1.00. The third kappa shape index (κ3) is 7.65. The zero-order chi connectivity index (χ0) is 34.0. The van der Waals surface area contributed by atoms with Crippen molar-refractivity contribution in [3.8, 4) is 0 Å². The molecule has 0 spiro atoms. The summed E-state index contributed by atoms with van der Waals surface area (Å²) in [5.41, 5.74) is -1.47. The highest BCUT2D eigenvalue weighted by molar-refractivity contribution is 8.00. The molecule has 4 heterocycles. The average Bonchev–Trinajstić information content (AvgIpc) is 3.05. The lowest BCUT2D eigenvalue weighted by atomic mass is 9.97. The van der Waals surface area contributed by atoms with Crippen LogP contribution < -0.4 is 0 Å². The smallest absolute Gasteiger partial charge is 0.187 e. The first kappa shape index (κ1) is 38.4. The number of hydrogen-bond donors (Lipinski definition) is 13. The lowest BCUT2D eigenvalue weighted by molar-refractivity contribution is -0.347. The van der Waals surface area contributed by atoms with E-state index in [9.17, 15) is 66.4 Å². The zero-order valence-corrected chi connectivity index (χ0v) is 25.3. The van der Waals surface area contributed by atoms with Crippen molar-refractivity contribution < 1.29 is 99.5 Å². The number of hydrogen-bond acceptors (Lipinski definition) is 21. The van der Waals surface area contributed by atoms with E-state index >= 15 is 0 Å². The molecule has 46 heavy (non-hydrogen) atoms. The van der Waals surface area contributed by atoms with Crippen LogP contribution in [0.15, 0.2) is 0 Å². The van der Waals surface area contributed by atoms with Crippen molar-refractivity contribution in [3.63, 3.8) is 0 Å². The van der Waals surface area contributed by atoms with Gasteiger partial charge in [-0.2, -0.15) is 0 Å². The van der Waals surface area contributed by atoms with Crippen LogP contribution in [0.2, 0.25) is 0 Å². The summed E-state index contributed by atoms with van der Waals surface area (Å²) in [5, 5.41) is 133. The Hall–Kier alpha value is -0.450. The van der Waals surface area contributed by atoms with E-state index in [-0.39, 0.29) is 0 Å². The maximum Gasteiger partial charge on any atom is 0.187 e. The topological polar surface area (TPSA) is 328 Å². The van der Waals surface area contributed by atoms with E-state index < -0.39 is 148 Å². The molecule has 0 aromatic rings. The van der Waals surface area contributed by atoms with Crippen LogP contribution in [0.1, 0.15) is 0 Å². The van der Waals surface area contributed by atoms with E-state index in [0.717, 1.165) is 0 Å². The molecule has 270 valence electrons. The molecule has 0 saturated carbocycles. The van der Waals surface area contributed by atoms with E-state index in [2.05, 4.69) is 0 Å². The van der Waals surface area contributed by atoms with Crippen LogP contribution in [-0.4, -0.2) is 221 Å². The summed E-state index contributed by atoms with van der Waals surface area (Å²) >= 11 is 0.617. The Bertz CT molecular complexity index is 934. The Labute approximate surface area is 266 Å². The number of ether oxygens (including phenoxy) is 7. The molecule has 4 aliphatic rings. The van der Waals surface area contributed by atoms with Crippen molar-refractivity contribution in [2.24, 2.45) is 0 Å². The van der Waals surface area contributed by atoms with Gasteiger partial charge >= 0.3 is 0 Å². The maximum atomic E-state index is 11.2. The van der Waals surface area contributed by atoms with Crippen LogP contribution >= 0.6 is 11.8 Å². The van der Waals surface area contributed by atoms with E-state index in [1.807, 2.05) is 0 Å². The summed E-state index contributed by atoms with van der Waals surface area (Å²) in [6.07, 6.45) is -29.4. The van der Waals surface area contributed by atoms with Crippen molar-refractivity contribution in [3.05, 3.63) is 0 Å². The van der Waals surface area contributed by atoms with Gasteiger partial charge < -0.3 is 99.5 Å². The van der Waals surface area contributed by atoms with Crippen LogP contribution in [0.4, 0.5) is 0 Å². The number of methoxy groups -OCH3 is 1. The number of aliphatic hydroxyl groups excluding tert-OH is 13. The molecular weight excluding hydrogens is 652 g/mol. The first-order valence-corrected chi connectivity index (χ1v) is 15.4. The number of thioether (sulfide) groups is 1. The van der Waals surface area contributed by atoms with Crippen LogP contribution in [0.25, 0.3) is 0 Å². The van der Waals surface area contributed by atoms with Crippen LogP contribution in [-0.2, 0) is 33.2 Å². The quantitative estimate of drug-likeness (QED) is 0.0953. The summed E-state index contributed by atoms with van der Waals surface area (Å²) in [6, 6.07) is 0. The van der Waals surface area contributed by atoms with Gasteiger partial charge in [0.05, 0.1) is 43.9 Å². The second-order valence-electron chi connectivity index (χ2n) is 11.4. The van der Waals surface area contributed by atoms with Crippen molar-refractivity contribution >= 4 is 11.8 Å². The van der Waals surface area contributed by atoms with Gasteiger partial charge in [-0.25, -0.2) is 0 Å². The van der Waals surface area contributed by atoms with Gasteiger partial charge in [0, 0.05) is 7.11 Å². The number of aliphatic hydroxyl groups is 13. The fourth-order valence-electron chi connectivity index (χ4n) is 5.72. The molecule has 4 aliphatic heterocycles. The van der Waals surface area contributed by atoms with Gasteiger partial charge in [-0.1, -0.05) is 0 Å². The monoisotopic (exact) mass is 696 g/mol. The van der Waals surface area contributed by atoms with Gasteiger partial charge in [0.2, 0.25) is 0 Å². The molecule has 21 heteroatoms. The molecule has 13 N–H and O–H groups in total. The summed E-state index contributed by atoms with van der Waals surface area (Å²) in [4.78, 5) is 0. The summed E-state index contributed by atoms with van der Waals surface area (Å²) in [7, 11) is 1.20. The van der Waals surface area contributed by atoms with Crippen molar-refractivity contribution in [2.45, 2.75) is 121 Å². The largest absolute Gasteiger partial charge is 0.394 e. The molecule has 0 bridgehead atoms. The summed E-state index contributed by atoms with van der Waals surface area (Å²) < 4.78 is 38.1. The lowest BCUT2D eigenvalue weighted by Gasteiger charge is -2.49. The molecule has 20 atom stereocenters. The minimum absolute atomic E-state index is 0.617. The second kappa shape index (κ2) is 16.5. The first-order chi connectivity index (χ1) is 21.8. The molecule has 20 unspecified atom stereocenters. The normalized spacial score (nSPS) is 52.0. The highest BCUT2D eigenvalue weighted by Crippen LogP contribution is 2.40. The molecule has 0 aromatic heterocycles. The third-order valence-corrected chi connectivity index (χ3v) is 9.97. The summed E-state index contributed by atoms with van der Waals surface area (Å²) in [6.45, 7) is -3.08. The minimum Gasteiger partial charge on any atom is -0.394 e. The molecule has 20 nitrogen and oxygen atoms in total. The highest BCUT2D eigenvalue weighted by atomic mass is 32.2. The molecule has 4 fully saturated rings. The van der Waals surface area contributed by atoms with Crippen LogP contribution in [0.5, 0.6) is 0 Å². The minimum atomic E-state index is -1.89. The van der Waals surface area contributed by atoms with Crippen LogP contribution in [0, 0.1) is 0 Å². The predicted octanol–water partition coefficient (Wildman–Crippen LogP) is -8.38. The molecule has 4 saturated heterocycles.